The predicted octanol–water partition coefficient (Wildman–Crippen LogP) is 1.52. The molecule has 1 aromatic carbocycles. The molecule has 1 N–H and O–H groups in total. The Morgan fingerprint density at radius 1 is 1.26 bits per heavy atom. The third-order valence-electron chi connectivity index (χ3n) is 3.72. The Morgan fingerprint density at radius 3 is 2.52 bits per heavy atom. The number of sulfonamides is 1. The van der Waals surface area contributed by atoms with Crippen LogP contribution in [0.3, 0.4) is 0 Å². The number of hydrogen-bond donors (Lipinski definition) is 1. The van der Waals surface area contributed by atoms with Gasteiger partial charge in [0.2, 0.25) is 10.0 Å². The second kappa shape index (κ2) is 8.31. The lowest BCUT2D eigenvalue weighted by Crippen LogP contribution is -2.31. The Kier molecular flexibility index (Phi) is 6.34. The summed E-state index contributed by atoms with van der Waals surface area (Å²) in [5.74, 6) is -0.360. The van der Waals surface area contributed by atoms with Gasteiger partial charge in [-0.05, 0) is 39.0 Å². The number of ether oxygens (including phenoxy) is 2. The summed E-state index contributed by atoms with van der Waals surface area (Å²) in [6, 6.07) is 4.76. The molecule has 1 heterocycles. The van der Waals surface area contributed by atoms with Gasteiger partial charge in [0.1, 0.15) is 29.5 Å². The molecule has 0 bridgehead atoms. The van der Waals surface area contributed by atoms with Gasteiger partial charge in [0.15, 0.2) is 11.5 Å². The average molecular weight is 396 g/mol. The third-order valence-corrected chi connectivity index (χ3v) is 5.36. The van der Waals surface area contributed by atoms with Crippen molar-refractivity contribution in [3.8, 4) is 5.75 Å². The number of rotatable bonds is 8. The number of ketones is 1. The van der Waals surface area contributed by atoms with Gasteiger partial charge in [-0.2, -0.15) is 4.72 Å². The molecule has 0 atom stereocenters. The zero-order valence-corrected chi connectivity index (χ0v) is 16.2. The van der Waals surface area contributed by atoms with Crippen molar-refractivity contribution < 1.29 is 32.0 Å². The lowest BCUT2D eigenvalue weighted by atomic mass is 10.1. The highest BCUT2D eigenvalue weighted by molar-refractivity contribution is 7.89. The first-order chi connectivity index (χ1) is 12.7. The van der Waals surface area contributed by atoms with Gasteiger partial charge < -0.3 is 14.0 Å². The molecule has 0 fully saturated rings. The van der Waals surface area contributed by atoms with Crippen molar-refractivity contribution in [3.63, 3.8) is 0 Å². The van der Waals surface area contributed by atoms with Gasteiger partial charge in [0.05, 0.1) is 7.11 Å². The number of carbonyl (C=O) groups excluding carboxylic acids is 2. The number of aryl methyl sites for hydroxylation is 2. The maximum absolute atomic E-state index is 12.3. The van der Waals surface area contributed by atoms with Crippen molar-refractivity contribution in [1.82, 2.24) is 9.88 Å². The minimum atomic E-state index is -3.96. The fourth-order valence-electron chi connectivity index (χ4n) is 2.40. The summed E-state index contributed by atoms with van der Waals surface area (Å²) in [6.07, 6.45) is 0. The molecular formula is C17H20N2O7S. The van der Waals surface area contributed by atoms with Crippen LogP contribution in [0.15, 0.2) is 27.6 Å². The zero-order valence-electron chi connectivity index (χ0n) is 15.4. The molecule has 0 radical (unpaired) electrons. The van der Waals surface area contributed by atoms with Crippen LogP contribution in [0, 0.1) is 13.8 Å². The van der Waals surface area contributed by atoms with Crippen LogP contribution in [0.5, 0.6) is 5.75 Å². The van der Waals surface area contributed by atoms with E-state index in [1.54, 1.807) is 18.2 Å². The molecule has 0 aliphatic rings. The van der Waals surface area contributed by atoms with Crippen LogP contribution in [-0.4, -0.2) is 39.0 Å². The van der Waals surface area contributed by atoms with Crippen molar-refractivity contribution in [3.05, 3.63) is 40.8 Å². The van der Waals surface area contributed by atoms with E-state index >= 15 is 0 Å². The number of Topliss-reactive ketones (excluding diaryl/α,β-unsaturated/α-hetero) is 1. The lowest BCUT2D eigenvalue weighted by Gasteiger charge is -2.11. The second-order valence-corrected chi connectivity index (χ2v) is 7.43. The SMILES string of the molecule is COc1ccc(C(C)=O)cc1COC(=O)CNS(=O)(=O)c1c(C)noc1C. The molecule has 0 saturated carbocycles. The van der Waals surface area contributed by atoms with Crippen molar-refractivity contribution in [1.29, 1.82) is 0 Å². The number of benzene rings is 1. The highest BCUT2D eigenvalue weighted by atomic mass is 32.2. The summed E-state index contributed by atoms with van der Waals surface area (Å²) in [5.41, 5.74) is 1.13. The fourth-order valence-corrected chi connectivity index (χ4v) is 3.70. The summed E-state index contributed by atoms with van der Waals surface area (Å²) in [4.78, 5) is 23.3. The van der Waals surface area contributed by atoms with Crippen LogP contribution >= 0.6 is 0 Å². The molecule has 1 aromatic heterocycles. The Bertz CT molecular complexity index is 944. The van der Waals surface area contributed by atoms with E-state index in [4.69, 9.17) is 14.0 Å². The van der Waals surface area contributed by atoms with E-state index in [9.17, 15) is 18.0 Å². The highest BCUT2D eigenvalue weighted by Crippen LogP contribution is 2.21. The summed E-state index contributed by atoms with van der Waals surface area (Å²) in [6.45, 7) is 3.62. The molecule has 0 spiro atoms. The summed E-state index contributed by atoms with van der Waals surface area (Å²) < 4.78 is 41.7. The monoisotopic (exact) mass is 396 g/mol. The van der Waals surface area contributed by atoms with E-state index in [2.05, 4.69) is 9.88 Å². The third kappa shape index (κ3) is 4.92. The standard InChI is InChI=1S/C17H20N2O7S/c1-10-17(12(3)26-19-10)27(22,23)18-8-16(21)25-9-14-7-13(11(2)20)5-6-15(14)24-4/h5-7,18H,8-9H2,1-4H3. The van der Waals surface area contributed by atoms with Gasteiger partial charge in [0.25, 0.3) is 0 Å². The summed E-state index contributed by atoms with van der Waals surface area (Å²) in [5, 5.41) is 3.58. The van der Waals surface area contributed by atoms with Gasteiger partial charge in [-0.15, -0.1) is 0 Å². The van der Waals surface area contributed by atoms with Crippen molar-refractivity contribution in [2.45, 2.75) is 32.3 Å². The van der Waals surface area contributed by atoms with Crippen LogP contribution < -0.4 is 9.46 Å². The topological polar surface area (TPSA) is 125 Å². The number of hydrogen-bond acceptors (Lipinski definition) is 8. The fraction of sp³-hybridized carbons (Fsp3) is 0.353. The number of aromatic nitrogens is 1. The Morgan fingerprint density at radius 2 is 1.96 bits per heavy atom. The van der Waals surface area contributed by atoms with Crippen LogP contribution in [-0.2, 0) is 26.2 Å². The van der Waals surface area contributed by atoms with E-state index < -0.39 is 22.5 Å². The number of nitrogens with one attached hydrogen (secondary N) is 1. The lowest BCUT2D eigenvalue weighted by molar-refractivity contribution is -0.143. The smallest absolute Gasteiger partial charge is 0.321 e. The van der Waals surface area contributed by atoms with Crippen LogP contribution in [0.1, 0.15) is 34.3 Å². The van der Waals surface area contributed by atoms with Gasteiger partial charge in [-0.3, -0.25) is 9.59 Å². The van der Waals surface area contributed by atoms with Crippen molar-refractivity contribution in [2.24, 2.45) is 0 Å². The maximum Gasteiger partial charge on any atom is 0.321 e. The van der Waals surface area contributed by atoms with Gasteiger partial charge in [-0.25, -0.2) is 8.42 Å². The number of methoxy groups -OCH3 is 1. The molecule has 0 aliphatic heterocycles. The number of nitrogens with zero attached hydrogens (tertiary/aromatic N) is 1. The molecule has 27 heavy (non-hydrogen) atoms. The number of carbonyl (C=O) groups is 2. The van der Waals surface area contributed by atoms with E-state index in [1.165, 1.54) is 27.9 Å². The maximum atomic E-state index is 12.3. The second-order valence-electron chi connectivity index (χ2n) is 5.72. The highest BCUT2D eigenvalue weighted by Gasteiger charge is 2.25. The first kappa shape index (κ1) is 20.6. The average Bonchev–Trinajstić information content (AvgIpc) is 2.97. The van der Waals surface area contributed by atoms with Crippen molar-refractivity contribution >= 4 is 21.8 Å². The molecule has 0 aliphatic carbocycles. The molecule has 146 valence electrons. The van der Waals surface area contributed by atoms with E-state index in [0.29, 0.717) is 16.9 Å². The van der Waals surface area contributed by atoms with Gasteiger partial charge in [0, 0.05) is 11.1 Å². The molecule has 0 saturated heterocycles. The van der Waals surface area contributed by atoms with Crippen LogP contribution in [0.2, 0.25) is 0 Å². The first-order valence-corrected chi connectivity index (χ1v) is 9.40. The van der Waals surface area contributed by atoms with Crippen LogP contribution in [0.4, 0.5) is 0 Å². The quantitative estimate of drug-likeness (QED) is 0.526. The van der Waals surface area contributed by atoms with Crippen LogP contribution in [0.25, 0.3) is 0 Å². The Balaban J connectivity index is 2.01. The molecule has 2 aromatic rings. The molecule has 2 rings (SSSR count). The molecule has 10 heteroatoms. The number of esters is 1. The first-order valence-electron chi connectivity index (χ1n) is 7.91. The van der Waals surface area contributed by atoms with E-state index in [-0.39, 0.29) is 28.7 Å². The minimum Gasteiger partial charge on any atom is -0.496 e. The summed E-state index contributed by atoms with van der Waals surface area (Å²) >= 11 is 0. The van der Waals surface area contributed by atoms with E-state index in [1.807, 2.05) is 0 Å². The summed E-state index contributed by atoms with van der Waals surface area (Å²) in [7, 11) is -2.51. The zero-order chi connectivity index (χ0) is 20.2. The molecular weight excluding hydrogens is 376 g/mol. The molecule has 0 unspecified atom stereocenters. The Hall–Kier alpha value is -2.72. The molecule has 9 nitrogen and oxygen atoms in total. The van der Waals surface area contributed by atoms with Gasteiger partial charge in [-0.1, -0.05) is 5.16 Å². The molecule has 0 amide bonds. The normalized spacial score (nSPS) is 11.3. The minimum absolute atomic E-state index is 0.105. The predicted molar refractivity (Wildman–Crippen MR) is 94.0 cm³/mol. The Labute approximate surface area is 156 Å². The largest absolute Gasteiger partial charge is 0.496 e. The van der Waals surface area contributed by atoms with E-state index in [0.717, 1.165) is 0 Å². The van der Waals surface area contributed by atoms with Crippen molar-refractivity contribution in [2.75, 3.05) is 13.7 Å². The van der Waals surface area contributed by atoms with Gasteiger partial charge >= 0.3 is 5.97 Å².